The van der Waals surface area contributed by atoms with Gasteiger partial charge < -0.3 is 10.6 Å². The highest BCUT2D eigenvalue weighted by Crippen LogP contribution is 2.29. The van der Waals surface area contributed by atoms with Crippen molar-refractivity contribution in [3.05, 3.63) is 29.3 Å². The van der Waals surface area contributed by atoms with E-state index in [1.54, 1.807) is 12.1 Å². The lowest BCUT2D eigenvalue weighted by Crippen LogP contribution is -2.30. The topological polar surface area (TPSA) is 41.1 Å². The maximum atomic E-state index is 11.8. The number of hydrogen-bond acceptors (Lipinski definition) is 2. The third-order valence-electron chi connectivity index (χ3n) is 4.28. The second-order valence-corrected chi connectivity index (χ2v) is 6.58. The van der Waals surface area contributed by atoms with Gasteiger partial charge in [-0.15, -0.1) is 0 Å². The number of nitrogens with one attached hydrogen (secondary N) is 2. The van der Waals surface area contributed by atoms with E-state index in [0.717, 1.165) is 24.1 Å². The van der Waals surface area contributed by atoms with E-state index in [4.69, 9.17) is 11.6 Å². The number of carbonyl (C=O) groups excluding carboxylic acids is 1. The number of benzene rings is 1. The summed E-state index contributed by atoms with van der Waals surface area (Å²) in [7, 11) is 0. The van der Waals surface area contributed by atoms with E-state index in [1.807, 2.05) is 12.1 Å². The van der Waals surface area contributed by atoms with Gasteiger partial charge in [-0.1, -0.05) is 44.2 Å². The van der Waals surface area contributed by atoms with Crippen LogP contribution in [0.15, 0.2) is 24.3 Å². The second kappa shape index (κ2) is 8.40. The van der Waals surface area contributed by atoms with Gasteiger partial charge in [0, 0.05) is 10.7 Å². The van der Waals surface area contributed by atoms with Crippen molar-refractivity contribution >= 4 is 23.2 Å². The van der Waals surface area contributed by atoms with Crippen molar-refractivity contribution in [2.24, 2.45) is 11.8 Å². The van der Waals surface area contributed by atoms with E-state index >= 15 is 0 Å². The molecule has 1 fully saturated rings. The Kier molecular flexibility index (Phi) is 6.52. The van der Waals surface area contributed by atoms with Crippen molar-refractivity contribution in [3.63, 3.8) is 0 Å². The molecule has 116 valence electrons. The SMILES string of the molecule is CC1CCC(CCNCC(=O)Nc2ccc(Cl)cc2)CC1. The van der Waals surface area contributed by atoms with Gasteiger partial charge in [-0.05, 0) is 49.1 Å². The Morgan fingerprint density at radius 3 is 2.52 bits per heavy atom. The molecule has 0 unspecified atom stereocenters. The molecule has 0 radical (unpaired) electrons. The first kappa shape index (κ1) is 16.3. The molecule has 0 aliphatic heterocycles. The Balaban J connectivity index is 1.58. The quantitative estimate of drug-likeness (QED) is 0.777. The van der Waals surface area contributed by atoms with Crippen LogP contribution in [0.2, 0.25) is 5.02 Å². The molecule has 0 saturated heterocycles. The molecule has 2 N–H and O–H groups in total. The second-order valence-electron chi connectivity index (χ2n) is 6.15. The van der Waals surface area contributed by atoms with Crippen molar-refractivity contribution in [3.8, 4) is 0 Å². The van der Waals surface area contributed by atoms with E-state index in [1.165, 1.54) is 32.1 Å². The third kappa shape index (κ3) is 6.06. The van der Waals surface area contributed by atoms with E-state index in [2.05, 4.69) is 17.6 Å². The summed E-state index contributed by atoms with van der Waals surface area (Å²) in [6, 6.07) is 7.16. The van der Waals surface area contributed by atoms with Crippen LogP contribution in [0.1, 0.15) is 39.0 Å². The fourth-order valence-corrected chi connectivity index (χ4v) is 2.99. The first-order valence-corrected chi connectivity index (χ1v) is 8.27. The molecule has 1 aliphatic carbocycles. The van der Waals surface area contributed by atoms with Crippen molar-refractivity contribution in [2.75, 3.05) is 18.4 Å². The Morgan fingerprint density at radius 2 is 1.86 bits per heavy atom. The molecule has 0 bridgehead atoms. The Bertz CT molecular complexity index is 439. The third-order valence-corrected chi connectivity index (χ3v) is 4.53. The smallest absolute Gasteiger partial charge is 0.238 e. The van der Waals surface area contributed by atoms with Gasteiger partial charge in [-0.25, -0.2) is 0 Å². The summed E-state index contributed by atoms with van der Waals surface area (Å²) >= 11 is 5.81. The minimum Gasteiger partial charge on any atom is -0.325 e. The normalized spacial score (nSPS) is 22.0. The largest absolute Gasteiger partial charge is 0.325 e. The van der Waals surface area contributed by atoms with E-state index < -0.39 is 0 Å². The number of rotatable bonds is 6. The van der Waals surface area contributed by atoms with Crippen LogP contribution in [0.25, 0.3) is 0 Å². The molecule has 0 atom stereocenters. The first-order valence-electron chi connectivity index (χ1n) is 7.89. The summed E-state index contributed by atoms with van der Waals surface area (Å²) in [5.74, 6) is 1.74. The van der Waals surface area contributed by atoms with Gasteiger partial charge in [0.1, 0.15) is 0 Å². The Labute approximate surface area is 132 Å². The van der Waals surface area contributed by atoms with Gasteiger partial charge >= 0.3 is 0 Å². The summed E-state index contributed by atoms with van der Waals surface area (Å²) < 4.78 is 0. The van der Waals surface area contributed by atoms with E-state index in [0.29, 0.717) is 11.6 Å². The molecule has 1 aliphatic rings. The number of carbonyl (C=O) groups is 1. The van der Waals surface area contributed by atoms with E-state index in [9.17, 15) is 4.79 Å². The standard InChI is InChI=1S/C17H25ClN2O/c1-13-2-4-14(5-3-13)10-11-19-12-17(21)20-16-8-6-15(18)7-9-16/h6-9,13-14,19H,2-5,10-12H2,1H3,(H,20,21). The van der Waals surface area contributed by atoms with Gasteiger partial charge in [0.15, 0.2) is 0 Å². The highest BCUT2D eigenvalue weighted by Gasteiger charge is 2.17. The average Bonchev–Trinajstić information content (AvgIpc) is 2.48. The fraction of sp³-hybridized carbons (Fsp3) is 0.588. The molecular formula is C17H25ClN2O. The Hall–Kier alpha value is -1.06. The summed E-state index contributed by atoms with van der Waals surface area (Å²) in [4.78, 5) is 11.8. The van der Waals surface area contributed by atoms with Gasteiger partial charge in [0.2, 0.25) is 5.91 Å². The Morgan fingerprint density at radius 1 is 1.19 bits per heavy atom. The number of anilines is 1. The number of halogens is 1. The predicted octanol–water partition coefficient (Wildman–Crippen LogP) is 4.08. The van der Waals surface area contributed by atoms with Crippen LogP contribution in [-0.4, -0.2) is 19.0 Å². The van der Waals surface area contributed by atoms with Crippen LogP contribution >= 0.6 is 11.6 Å². The monoisotopic (exact) mass is 308 g/mol. The summed E-state index contributed by atoms with van der Waals surface area (Å²) in [6.07, 6.45) is 6.60. The lowest BCUT2D eigenvalue weighted by Gasteiger charge is -2.26. The van der Waals surface area contributed by atoms with Gasteiger partial charge in [-0.3, -0.25) is 4.79 Å². The molecule has 1 amide bonds. The average molecular weight is 309 g/mol. The van der Waals surface area contributed by atoms with Crippen LogP contribution in [0.5, 0.6) is 0 Å². The van der Waals surface area contributed by atoms with Crippen LogP contribution in [-0.2, 0) is 4.79 Å². The molecule has 0 heterocycles. The molecule has 1 saturated carbocycles. The fourth-order valence-electron chi connectivity index (χ4n) is 2.86. The zero-order chi connectivity index (χ0) is 15.1. The van der Waals surface area contributed by atoms with Gasteiger partial charge in [-0.2, -0.15) is 0 Å². The predicted molar refractivity (Wildman–Crippen MR) is 88.7 cm³/mol. The first-order chi connectivity index (χ1) is 10.1. The van der Waals surface area contributed by atoms with Crippen molar-refractivity contribution < 1.29 is 4.79 Å². The zero-order valence-corrected chi connectivity index (χ0v) is 13.5. The maximum absolute atomic E-state index is 11.8. The van der Waals surface area contributed by atoms with Crippen LogP contribution in [0.3, 0.4) is 0 Å². The van der Waals surface area contributed by atoms with Crippen molar-refractivity contribution in [1.82, 2.24) is 5.32 Å². The van der Waals surface area contributed by atoms with Crippen molar-refractivity contribution in [1.29, 1.82) is 0 Å². The van der Waals surface area contributed by atoms with Crippen molar-refractivity contribution in [2.45, 2.75) is 39.0 Å². The molecule has 3 nitrogen and oxygen atoms in total. The van der Waals surface area contributed by atoms with Gasteiger partial charge in [0.25, 0.3) is 0 Å². The van der Waals surface area contributed by atoms with Crippen LogP contribution in [0, 0.1) is 11.8 Å². The molecule has 4 heteroatoms. The molecule has 0 spiro atoms. The highest BCUT2D eigenvalue weighted by atomic mass is 35.5. The molecule has 1 aromatic carbocycles. The molecule has 0 aromatic heterocycles. The minimum atomic E-state index is -0.00501. The number of amides is 1. The van der Waals surface area contributed by atoms with Crippen LogP contribution in [0.4, 0.5) is 5.69 Å². The summed E-state index contributed by atoms with van der Waals surface area (Å²) in [5.41, 5.74) is 0.785. The lowest BCUT2D eigenvalue weighted by atomic mass is 9.81. The zero-order valence-electron chi connectivity index (χ0n) is 12.7. The lowest BCUT2D eigenvalue weighted by molar-refractivity contribution is -0.115. The maximum Gasteiger partial charge on any atom is 0.238 e. The molecule has 2 rings (SSSR count). The number of hydrogen-bond donors (Lipinski definition) is 2. The molecule has 21 heavy (non-hydrogen) atoms. The molecular weight excluding hydrogens is 284 g/mol. The summed E-state index contributed by atoms with van der Waals surface area (Å²) in [5, 5.41) is 6.76. The highest BCUT2D eigenvalue weighted by molar-refractivity contribution is 6.30. The minimum absolute atomic E-state index is 0.00501. The summed E-state index contributed by atoms with van der Waals surface area (Å²) in [6.45, 7) is 3.63. The molecule has 1 aromatic rings. The van der Waals surface area contributed by atoms with E-state index in [-0.39, 0.29) is 5.91 Å². The van der Waals surface area contributed by atoms with Crippen LogP contribution < -0.4 is 10.6 Å². The van der Waals surface area contributed by atoms with Gasteiger partial charge in [0.05, 0.1) is 6.54 Å².